The lowest BCUT2D eigenvalue weighted by molar-refractivity contribution is -0.0287. The molecule has 1 aliphatic heterocycles. The van der Waals surface area contributed by atoms with Gasteiger partial charge < -0.3 is 10.5 Å². The van der Waals surface area contributed by atoms with Gasteiger partial charge in [0, 0.05) is 25.2 Å². The summed E-state index contributed by atoms with van der Waals surface area (Å²) in [7, 11) is 0. The van der Waals surface area contributed by atoms with Gasteiger partial charge in [0.1, 0.15) is 0 Å². The molecule has 1 fully saturated rings. The molecule has 2 N–H and O–H groups in total. The third-order valence-corrected chi connectivity index (χ3v) is 4.84. The highest BCUT2D eigenvalue weighted by Gasteiger charge is 2.40. The molecule has 5 nitrogen and oxygen atoms in total. The number of nitrogens with zero attached hydrogens (tertiary/aromatic N) is 3. The van der Waals surface area contributed by atoms with E-state index >= 15 is 0 Å². The molecular formula is C14H25ClN4O. The fraction of sp³-hybridized carbons (Fsp3) is 0.786. The highest BCUT2D eigenvalue weighted by atomic mass is 35.5. The van der Waals surface area contributed by atoms with E-state index in [0.717, 1.165) is 45.0 Å². The number of halogens is 1. The first-order chi connectivity index (χ1) is 9.54. The maximum atomic E-state index is 6.61. The Kier molecular flexibility index (Phi) is 5.07. The molecule has 114 valence electrons. The summed E-state index contributed by atoms with van der Waals surface area (Å²) in [6.45, 7) is 10.6. The van der Waals surface area contributed by atoms with Gasteiger partial charge >= 0.3 is 0 Å². The first kappa shape index (κ1) is 15.8. The fourth-order valence-corrected chi connectivity index (χ4v) is 3.20. The minimum atomic E-state index is -0.166. The van der Waals surface area contributed by atoms with Crippen LogP contribution in [0, 0.1) is 0 Å². The minimum Gasteiger partial charge on any atom is -0.379 e. The summed E-state index contributed by atoms with van der Waals surface area (Å²) in [6, 6.07) is -0.166. The molecule has 2 unspecified atom stereocenters. The molecule has 0 aliphatic carbocycles. The van der Waals surface area contributed by atoms with E-state index in [1.165, 1.54) is 0 Å². The van der Waals surface area contributed by atoms with E-state index in [2.05, 4.69) is 30.8 Å². The zero-order chi connectivity index (χ0) is 14.8. The Morgan fingerprint density at radius 2 is 2.10 bits per heavy atom. The Balaban J connectivity index is 2.31. The summed E-state index contributed by atoms with van der Waals surface area (Å²) in [6.07, 6.45) is 2.65. The van der Waals surface area contributed by atoms with Crippen LogP contribution >= 0.6 is 11.6 Å². The van der Waals surface area contributed by atoms with Crippen LogP contribution in [0.3, 0.4) is 0 Å². The number of hydrogen-bond donors (Lipinski definition) is 1. The van der Waals surface area contributed by atoms with Crippen LogP contribution < -0.4 is 5.73 Å². The maximum Gasteiger partial charge on any atom is 0.0834 e. The van der Waals surface area contributed by atoms with Gasteiger partial charge in [0.05, 0.1) is 36.2 Å². The number of ether oxygens (including phenoxy) is 1. The predicted octanol–water partition coefficient (Wildman–Crippen LogP) is 2.06. The molecule has 2 rings (SSSR count). The molecule has 2 heterocycles. The van der Waals surface area contributed by atoms with Gasteiger partial charge in [0.2, 0.25) is 0 Å². The monoisotopic (exact) mass is 300 g/mol. The molecule has 0 spiro atoms. The lowest BCUT2D eigenvalue weighted by atomic mass is 9.85. The van der Waals surface area contributed by atoms with Gasteiger partial charge in [0.25, 0.3) is 0 Å². The van der Waals surface area contributed by atoms with Gasteiger partial charge in [-0.1, -0.05) is 18.5 Å². The lowest BCUT2D eigenvalue weighted by Crippen LogP contribution is -2.57. The van der Waals surface area contributed by atoms with Crippen molar-refractivity contribution in [3.05, 3.63) is 16.9 Å². The predicted molar refractivity (Wildman–Crippen MR) is 80.9 cm³/mol. The number of hydrogen-bond acceptors (Lipinski definition) is 4. The number of nitrogens with two attached hydrogens (primary N) is 1. The van der Waals surface area contributed by atoms with E-state index in [1.807, 2.05) is 4.68 Å². The van der Waals surface area contributed by atoms with Crippen molar-refractivity contribution in [1.82, 2.24) is 14.7 Å². The second-order valence-electron chi connectivity index (χ2n) is 5.48. The van der Waals surface area contributed by atoms with Crippen molar-refractivity contribution in [2.45, 2.75) is 45.3 Å². The second kappa shape index (κ2) is 6.43. The largest absolute Gasteiger partial charge is 0.379 e. The average molecular weight is 301 g/mol. The lowest BCUT2D eigenvalue weighted by Gasteiger charge is -2.46. The SMILES string of the molecule is CCn1ncc(Cl)c1C(N)C(C)(CC)N1CCOCC1. The normalized spacial score (nSPS) is 21.6. The molecule has 1 aromatic heterocycles. The Bertz CT molecular complexity index is 444. The zero-order valence-electron chi connectivity index (χ0n) is 12.6. The molecular weight excluding hydrogens is 276 g/mol. The summed E-state index contributed by atoms with van der Waals surface area (Å²) in [5.74, 6) is 0. The average Bonchev–Trinajstić information content (AvgIpc) is 2.87. The third-order valence-electron chi connectivity index (χ3n) is 4.55. The van der Waals surface area contributed by atoms with Crippen LogP contribution in [0.25, 0.3) is 0 Å². The van der Waals surface area contributed by atoms with Crippen molar-refractivity contribution in [1.29, 1.82) is 0 Å². The van der Waals surface area contributed by atoms with E-state index < -0.39 is 0 Å². The van der Waals surface area contributed by atoms with Crippen LogP contribution in [0.1, 0.15) is 38.9 Å². The first-order valence-electron chi connectivity index (χ1n) is 7.34. The molecule has 0 radical (unpaired) electrons. The van der Waals surface area contributed by atoms with Crippen LogP contribution in [0.5, 0.6) is 0 Å². The molecule has 2 atom stereocenters. The smallest absolute Gasteiger partial charge is 0.0834 e. The van der Waals surface area contributed by atoms with Gasteiger partial charge in [-0.3, -0.25) is 9.58 Å². The van der Waals surface area contributed by atoms with E-state index in [0.29, 0.717) is 5.02 Å². The van der Waals surface area contributed by atoms with Crippen LogP contribution in [0.2, 0.25) is 5.02 Å². The van der Waals surface area contributed by atoms with Crippen molar-refractivity contribution in [3.8, 4) is 0 Å². The highest BCUT2D eigenvalue weighted by molar-refractivity contribution is 6.31. The van der Waals surface area contributed by atoms with Crippen molar-refractivity contribution in [2.75, 3.05) is 26.3 Å². The van der Waals surface area contributed by atoms with Crippen molar-refractivity contribution >= 4 is 11.6 Å². The number of aromatic nitrogens is 2. The van der Waals surface area contributed by atoms with Crippen LogP contribution in [-0.4, -0.2) is 46.5 Å². The van der Waals surface area contributed by atoms with Crippen LogP contribution in [-0.2, 0) is 11.3 Å². The Morgan fingerprint density at radius 1 is 1.45 bits per heavy atom. The number of morpholine rings is 1. The quantitative estimate of drug-likeness (QED) is 0.904. The number of rotatable bonds is 5. The first-order valence-corrected chi connectivity index (χ1v) is 7.72. The summed E-state index contributed by atoms with van der Waals surface area (Å²) >= 11 is 6.31. The minimum absolute atomic E-state index is 0.139. The fourth-order valence-electron chi connectivity index (χ4n) is 2.94. The molecule has 0 bridgehead atoms. The molecule has 0 amide bonds. The van der Waals surface area contributed by atoms with Crippen LogP contribution in [0.15, 0.2) is 6.20 Å². The van der Waals surface area contributed by atoms with Gasteiger partial charge in [-0.15, -0.1) is 0 Å². The van der Waals surface area contributed by atoms with E-state index in [4.69, 9.17) is 22.1 Å². The van der Waals surface area contributed by atoms with E-state index in [1.54, 1.807) is 6.20 Å². The Morgan fingerprint density at radius 3 is 2.65 bits per heavy atom. The highest BCUT2D eigenvalue weighted by Crippen LogP contribution is 2.35. The summed E-state index contributed by atoms with van der Waals surface area (Å²) < 4.78 is 7.36. The van der Waals surface area contributed by atoms with Crippen molar-refractivity contribution in [3.63, 3.8) is 0 Å². The Labute approximate surface area is 126 Å². The summed E-state index contributed by atoms with van der Waals surface area (Å²) in [5.41, 5.74) is 7.41. The molecule has 20 heavy (non-hydrogen) atoms. The third kappa shape index (κ3) is 2.72. The van der Waals surface area contributed by atoms with Gasteiger partial charge in [-0.2, -0.15) is 5.10 Å². The number of aryl methyl sites for hydroxylation is 1. The zero-order valence-corrected chi connectivity index (χ0v) is 13.4. The summed E-state index contributed by atoms with van der Waals surface area (Å²) in [5, 5.41) is 4.97. The Hall–Kier alpha value is -0.620. The topological polar surface area (TPSA) is 56.3 Å². The second-order valence-corrected chi connectivity index (χ2v) is 5.89. The molecule has 6 heteroatoms. The van der Waals surface area contributed by atoms with Crippen molar-refractivity contribution in [2.24, 2.45) is 5.73 Å². The molecule has 1 aliphatic rings. The van der Waals surface area contributed by atoms with Gasteiger partial charge in [-0.25, -0.2) is 0 Å². The molecule has 0 aromatic carbocycles. The molecule has 0 saturated carbocycles. The van der Waals surface area contributed by atoms with Crippen molar-refractivity contribution < 1.29 is 4.74 Å². The van der Waals surface area contributed by atoms with Crippen LogP contribution in [0.4, 0.5) is 0 Å². The van der Waals surface area contributed by atoms with Gasteiger partial charge in [-0.05, 0) is 20.3 Å². The maximum absolute atomic E-state index is 6.61. The van der Waals surface area contributed by atoms with Gasteiger partial charge in [0.15, 0.2) is 0 Å². The standard InChI is InChI=1S/C14H25ClN4O/c1-4-14(3,18-6-8-20-9-7-18)13(16)12-11(15)10-17-19(12)5-2/h10,13H,4-9,16H2,1-3H3. The van der Waals surface area contributed by atoms with E-state index in [9.17, 15) is 0 Å². The molecule has 1 saturated heterocycles. The molecule has 1 aromatic rings. The van der Waals surface area contributed by atoms with E-state index in [-0.39, 0.29) is 11.6 Å². The summed E-state index contributed by atoms with van der Waals surface area (Å²) in [4.78, 5) is 2.42.